The van der Waals surface area contributed by atoms with Gasteiger partial charge >= 0.3 is 0 Å². The normalized spacial score (nSPS) is 23.4. The number of benzene rings is 1. The summed E-state index contributed by atoms with van der Waals surface area (Å²) < 4.78 is 0. The smallest absolute Gasteiger partial charge is 0.289 e. The molecule has 1 aromatic carbocycles. The van der Waals surface area contributed by atoms with Gasteiger partial charge in [0.1, 0.15) is 0 Å². The van der Waals surface area contributed by atoms with E-state index in [0.29, 0.717) is 5.92 Å². The molecule has 144 valence electrons. The zero-order chi connectivity index (χ0) is 19.4. The molecular formula is C21H26N2O3S. The standard InChI is InChI=1S/C21H26N2O3S/c1-14(2)16-10-7-15(8-11-16)9-12-19(24)22-17-5-3-4-6-18(17)23-20(25)13-27-21(23)26/h7-12,14,17-18H,3-6,13H2,1-2H3,(H,22,24)/b12-9+/t17-,18+/m0/s1. The van der Waals surface area contributed by atoms with E-state index < -0.39 is 0 Å². The van der Waals surface area contributed by atoms with Crippen molar-refractivity contribution in [3.63, 3.8) is 0 Å². The number of hydrogen-bond donors (Lipinski definition) is 1. The summed E-state index contributed by atoms with van der Waals surface area (Å²) in [4.78, 5) is 37.9. The molecule has 1 heterocycles. The van der Waals surface area contributed by atoms with Crippen LogP contribution in [0.4, 0.5) is 4.79 Å². The molecule has 0 unspecified atom stereocenters. The van der Waals surface area contributed by atoms with Crippen molar-refractivity contribution in [2.45, 2.75) is 57.5 Å². The van der Waals surface area contributed by atoms with Crippen LogP contribution in [0, 0.1) is 0 Å². The number of thioether (sulfide) groups is 1. The molecule has 1 aliphatic carbocycles. The van der Waals surface area contributed by atoms with Crippen LogP contribution in [0.2, 0.25) is 0 Å². The topological polar surface area (TPSA) is 66.5 Å². The van der Waals surface area contributed by atoms with Gasteiger partial charge < -0.3 is 5.32 Å². The minimum atomic E-state index is -0.226. The Labute approximate surface area is 164 Å². The number of nitrogens with zero attached hydrogens (tertiary/aromatic N) is 1. The fraction of sp³-hybridized carbons (Fsp3) is 0.476. The van der Waals surface area contributed by atoms with Gasteiger partial charge in [-0.1, -0.05) is 62.7 Å². The summed E-state index contributed by atoms with van der Waals surface area (Å²) in [6.45, 7) is 4.29. The van der Waals surface area contributed by atoms with Crippen LogP contribution >= 0.6 is 11.8 Å². The van der Waals surface area contributed by atoms with Gasteiger partial charge in [-0.3, -0.25) is 19.3 Å². The first kappa shape index (κ1) is 19.7. The van der Waals surface area contributed by atoms with Crippen molar-refractivity contribution in [3.8, 4) is 0 Å². The lowest BCUT2D eigenvalue weighted by atomic mass is 9.89. The fourth-order valence-corrected chi connectivity index (χ4v) is 4.43. The Balaban J connectivity index is 1.63. The Morgan fingerprint density at radius 2 is 1.89 bits per heavy atom. The van der Waals surface area contributed by atoms with Gasteiger partial charge in [-0.25, -0.2) is 0 Å². The number of amides is 3. The maximum absolute atomic E-state index is 12.4. The monoisotopic (exact) mass is 386 g/mol. The van der Waals surface area contributed by atoms with Gasteiger partial charge in [-0.05, 0) is 36.0 Å². The maximum Gasteiger partial charge on any atom is 0.289 e. The third-order valence-electron chi connectivity index (χ3n) is 5.20. The van der Waals surface area contributed by atoms with E-state index in [1.54, 1.807) is 6.08 Å². The number of imide groups is 1. The molecule has 1 aromatic rings. The van der Waals surface area contributed by atoms with E-state index in [0.717, 1.165) is 43.0 Å². The third kappa shape index (κ3) is 4.80. The summed E-state index contributed by atoms with van der Waals surface area (Å²) in [6, 6.07) is 7.74. The van der Waals surface area contributed by atoms with Gasteiger partial charge in [0.2, 0.25) is 11.8 Å². The Bertz CT molecular complexity index is 726. The second-order valence-electron chi connectivity index (χ2n) is 7.44. The Morgan fingerprint density at radius 3 is 2.52 bits per heavy atom. The zero-order valence-electron chi connectivity index (χ0n) is 15.8. The minimum absolute atomic E-state index is 0.142. The average molecular weight is 387 g/mol. The summed E-state index contributed by atoms with van der Waals surface area (Å²) in [6.07, 6.45) is 6.82. The molecule has 1 saturated carbocycles. The van der Waals surface area contributed by atoms with Gasteiger partial charge in [0, 0.05) is 6.08 Å². The zero-order valence-corrected chi connectivity index (χ0v) is 16.6. The number of nitrogens with one attached hydrogen (secondary N) is 1. The van der Waals surface area contributed by atoms with Crippen LogP contribution in [0.3, 0.4) is 0 Å². The van der Waals surface area contributed by atoms with Crippen molar-refractivity contribution < 1.29 is 14.4 Å². The van der Waals surface area contributed by atoms with Crippen molar-refractivity contribution >= 4 is 34.9 Å². The second kappa shape index (κ2) is 8.74. The Morgan fingerprint density at radius 1 is 1.19 bits per heavy atom. The van der Waals surface area contributed by atoms with E-state index in [4.69, 9.17) is 0 Å². The first-order valence-corrected chi connectivity index (χ1v) is 10.5. The molecule has 3 rings (SSSR count). The van der Waals surface area contributed by atoms with Crippen molar-refractivity contribution in [1.82, 2.24) is 10.2 Å². The van der Waals surface area contributed by atoms with Crippen LogP contribution in [-0.2, 0) is 9.59 Å². The summed E-state index contributed by atoms with van der Waals surface area (Å²) in [5.74, 6) is 0.356. The molecule has 0 aromatic heterocycles. The molecule has 1 aliphatic heterocycles. The van der Waals surface area contributed by atoms with Gasteiger partial charge in [-0.2, -0.15) is 0 Å². The molecule has 1 N–H and O–H groups in total. The molecule has 1 saturated heterocycles. The van der Waals surface area contributed by atoms with E-state index >= 15 is 0 Å². The minimum Gasteiger partial charge on any atom is -0.348 e. The molecule has 2 fully saturated rings. The highest BCUT2D eigenvalue weighted by Gasteiger charge is 2.40. The van der Waals surface area contributed by atoms with Crippen LogP contribution in [0.5, 0.6) is 0 Å². The SMILES string of the molecule is CC(C)c1ccc(/C=C/C(=O)N[C@H]2CCCC[C@H]2N2C(=O)CSC2=O)cc1. The lowest BCUT2D eigenvalue weighted by molar-refractivity contribution is -0.128. The van der Waals surface area contributed by atoms with Crippen LogP contribution in [0.15, 0.2) is 30.3 Å². The number of carbonyl (C=O) groups is 3. The molecule has 6 heteroatoms. The Kier molecular flexibility index (Phi) is 6.37. The van der Waals surface area contributed by atoms with Crippen LogP contribution in [0.1, 0.15) is 56.6 Å². The van der Waals surface area contributed by atoms with Crippen molar-refractivity contribution in [1.29, 1.82) is 0 Å². The van der Waals surface area contributed by atoms with Crippen LogP contribution < -0.4 is 5.32 Å². The van der Waals surface area contributed by atoms with Gasteiger partial charge in [0.15, 0.2) is 0 Å². The molecule has 5 nitrogen and oxygen atoms in total. The maximum atomic E-state index is 12.4. The van der Waals surface area contributed by atoms with E-state index in [1.165, 1.54) is 16.5 Å². The van der Waals surface area contributed by atoms with E-state index in [-0.39, 0.29) is 34.9 Å². The van der Waals surface area contributed by atoms with E-state index in [9.17, 15) is 14.4 Å². The number of hydrogen-bond acceptors (Lipinski definition) is 4. The van der Waals surface area contributed by atoms with Crippen molar-refractivity contribution in [3.05, 3.63) is 41.5 Å². The molecule has 3 amide bonds. The summed E-state index contributed by atoms with van der Waals surface area (Å²) in [5, 5.41) is 2.82. The van der Waals surface area contributed by atoms with Crippen LogP contribution in [-0.4, -0.2) is 39.8 Å². The Hall–Kier alpha value is -2.08. The highest BCUT2D eigenvalue weighted by Crippen LogP contribution is 2.30. The largest absolute Gasteiger partial charge is 0.348 e. The van der Waals surface area contributed by atoms with Crippen LogP contribution in [0.25, 0.3) is 6.08 Å². The highest BCUT2D eigenvalue weighted by atomic mass is 32.2. The lowest BCUT2D eigenvalue weighted by Gasteiger charge is -2.36. The second-order valence-corrected chi connectivity index (χ2v) is 8.37. The molecule has 0 spiro atoms. The molecule has 2 atom stereocenters. The first-order chi connectivity index (χ1) is 13.0. The van der Waals surface area contributed by atoms with E-state index in [1.807, 2.05) is 12.1 Å². The lowest BCUT2D eigenvalue weighted by Crippen LogP contribution is -2.54. The van der Waals surface area contributed by atoms with E-state index in [2.05, 4.69) is 31.3 Å². The average Bonchev–Trinajstić information content (AvgIpc) is 2.99. The van der Waals surface area contributed by atoms with Gasteiger partial charge in [0.05, 0.1) is 17.8 Å². The number of carbonyl (C=O) groups excluding carboxylic acids is 3. The summed E-state index contributed by atoms with van der Waals surface area (Å²) in [5.41, 5.74) is 2.23. The highest BCUT2D eigenvalue weighted by molar-refractivity contribution is 8.14. The van der Waals surface area contributed by atoms with Crippen molar-refractivity contribution in [2.24, 2.45) is 0 Å². The van der Waals surface area contributed by atoms with Gasteiger partial charge in [-0.15, -0.1) is 0 Å². The third-order valence-corrected chi connectivity index (χ3v) is 6.04. The summed E-state index contributed by atoms with van der Waals surface area (Å²) in [7, 11) is 0. The fourth-order valence-electron chi connectivity index (χ4n) is 3.67. The quantitative estimate of drug-likeness (QED) is 0.778. The predicted octanol–water partition coefficient (Wildman–Crippen LogP) is 3.95. The van der Waals surface area contributed by atoms with Gasteiger partial charge in [0.25, 0.3) is 5.24 Å². The molecule has 27 heavy (non-hydrogen) atoms. The molecule has 2 aliphatic rings. The molecule has 0 radical (unpaired) electrons. The molecule has 0 bridgehead atoms. The summed E-state index contributed by atoms with van der Waals surface area (Å²) >= 11 is 1.05. The van der Waals surface area contributed by atoms with Crippen molar-refractivity contribution in [2.75, 3.05) is 5.75 Å². The first-order valence-electron chi connectivity index (χ1n) is 9.53. The molecular weight excluding hydrogens is 360 g/mol. The number of rotatable bonds is 5. The predicted molar refractivity (Wildman–Crippen MR) is 108 cm³/mol.